The Morgan fingerprint density at radius 3 is 2.22 bits per heavy atom. The molecule has 0 spiro atoms. The lowest BCUT2D eigenvalue weighted by Gasteiger charge is -2.25. The van der Waals surface area contributed by atoms with Gasteiger partial charge in [-0.05, 0) is 17.8 Å². The second-order valence-corrected chi connectivity index (χ2v) is 5.79. The molecule has 18 heavy (non-hydrogen) atoms. The first-order valence-corrected chi connectivity index (χ1v) is 6.44. The molecule has 1 unspecified atom stereocenters. The lowest BCUT2D eigenvalue weighted by atomic mass is 9.90. The van der Waals surface area contributed by atoms with Crippen LogP contribution in [0.1, 0.15) is 47.5 Å². The van der Waals surface area contributed by atoms with E-state index in [1.807, 2.05) is 13.8 Å². The van der Waals surface area contributed by atoms with Crippen LogP contribution in [-0.2, 0) is 4.79 Å². The highest BCUT2D eigenvalue weighted by Gasteiger charge is 2.21. The Kier molecular flexibility index (Phi) is 6.73. The van der Waals surface area contributed by atoms with Gasteiger partial charge in [-0.3, -0.25) is 4.79 Å². The summed E-state index contributed by atoms with van der Waals surface area (Å²) in [7, 11) is 0. The number of nitrogens with one attached hydrogen (secondary N) is 2. The minimum atomic E-state index is -0.900. The van der Waals surface area contributed by atoms with Crippen molar-refractivity contribution in [2.24, 2.45) is 11.3 Å². The number of hydrogen-bond donors (Lipinski definition) is 3. The Morgan fingerprint density at radius 1 is 1.28 bits per heavy atom. The SMILES string of the molecule is CCC(C)(C)CNC(=O)NC(CC(=O)O)C(C)C. The maximum absolute atomic E-state index is 11.7. The first-order valence-electron chi connectivity index (χ1n) is 6.44. The van der Waals surface area contributed by atoms with E-state index in [1.54, 1.807) is 0 Å². The number of aliphatic carboxylic acids is 1. The molecule has 0 aliphatic rings. The van der Waals surface area contributed by atoms with Crippen molar-refractivity contribution in [2.75, 3.05) is 6.54 Å². The molecular weight excluding hydrogens is 232 g/mol. The Hall–Kier alpha value is -1.26. The summed E-state index contributed by atoms with van der Waals surface area (Å²) in [4.78, 5) is 22.4. The summed E-state index contributed by atoms with van der Waals surface area (Å²) in [5, 5.41) is 14.3. The Balaban J connectivity index is 4.22. The first-order chi connectivity index (χ1) is 8.18. The van der Waals surface area contributed by atoms with Crippen molar-refractivity contribution in [2.45, 2.75) is 53.5 Å². The Bertz CT molecular complexity index is 288. The van der Waals surface area contributed by atoms with Crippen LogP contribution < -0.4 is 10.6 Å². The van der Waals surface area contributed by atoms with Crippen LogP contribution in [-0.4, -0.2) is 29.7 Å². The molecule has 0 saturated carbocycles. The average Bonchev–Trinajstić information content (AvgIpc) is 2.25. The third kappa shape index (κ3) is 7.14. The van der Waals surface area contributed by atoms with Gasteiger partial charge in [0, 0.05) is 12.6 Å². The molecule has 0 fully saturated rings. The van der Waals surface area contributed by atoms with Gasteiger partial charge in [-0.25, -0.2) is 4.79 Å². The number of carboxylic acid groups (broad SMARTS) is 1. The molecule has 5 heteroatoms. The van der Waals surface area contributed by atoms with Gasteiger partial charge in [0.15, 0.2) is 0 Å². The van der Waals surface area contributed by atoms with Crippen LogP contribution >= 0.6 is 0 Å². The van der Waals surface area contributed by atoms with Crippen LogP contribution in [0.15, 0.2) is 0 Å². The number of carbonyl (C=O) groups is 2. The Morgan fingerprint density at radius 2 is 1.83 bits per heavy atom. The zero-order chi connectivity index (χ0) is 14.3. The molecule has 0 heterocycles. The van der Waals surface area contributed by atoms with Crippen LogP contribution in [0.25, 0.3) is 0 Å². The van der Waals surface area contributed by atoms with Gasteiger partial charge in [-0.2, -0.15) is 0 Å². The van der Waals surface area contributed by atoms with Crippen LogP contribution in [0.3, 0.4) is 0 Å². The fourth-order valence-corrected chi connectivity index (χ4v) is 1.31. The van der Waals surface area contributed by atoms with Gasteiger partial charge in [0.1, 0.15) is 0 Å². The van der Waals surface area contributed by atoms with Gasteiger partial charge in [0.25, 0.3) is 0 Å². The van der Waals surface area contributed by atoms with E-state index in [9.17, 15) is 9.59 Å². The molecule has 0 saturated heterocycles. The van der Waals surface area contributed by atoms with Crippen LogP contribution in [0.4, 0.5) is 4.79 Å². The quantitative estimate of drug-likeness (QED) is 0.655. The fourth-order valence-electron chi connectivity index (χ4n) is 1.31. The average molecular weight is 258 g/mol. The highest BCUT2D eigenvalue weighted by atomic mass is 16.4. The maximum atomic E-state index is 11.7. The second-order valence-electron chi connectivity index (χ2n) is 5.79. The molecule has 0 rings (SSSR count). The van der Waals surface area contributed by atoms with E-state index in [1.165, 1.54) is 0 Å². The molecule has 2 amide bonds. The summed E-state index contributed by atoms with van der Waals surface area (Å²) in [6.45, 7) is 10.6. The zero-order valence-corrected chi connectivity index (χ0v) is 12.0. The van der Waals surface area contributed by atoms with Gasteiger partial charge in [0.05, 0.1) is 6.42 Å². The number of rotatable bonds is 7. The predicted octanol–water partition coefficient (Wildman–Crippen LogP) is 2.22. The molecule has 0 aromatic heterocycles. The summed E-state index contributed by atoms with van der Waals surface area (Å²) in [5.41, 5.74) is 0.0530. The van der Waals surface area contributed by atoms with Crippen molar-refractivity contribution in [1.29, 1.82) is 0 Å². The third-order valence-corrected chi connectivity index (χ3v) is 3.20. The van der Waals surface area contributed by atoms with Crippen molar-refractivity contribution in [1.82, 2.24) is 10.6 Å². The molecule has 0 aliphatic carbocycles. The highest BCUT2D eigenvalue weighted by molar-refractivity contribution is 5.75. The predicted molar refractivity (Wildman–Crippen MR) is 71.5 cm³/mol. The number of hydrogen-bond acceptors (Lipinski definition) is 2. The molecule has 5 nitrogen and oxygen atoms in total. The molecule has 0 aromatic carbocycles. The lowest BCUT2D eigenvalue weighted by Crippen LogP contribution is -2.47. The van der Waals surface area contributed by atoms with Crippen LogP contribution in [0.5, 0.6) is 0 Å². The van der Waals surface area contributed by atoms with Crippen molar-refractivity contribution < 1.29 is 14.7 Å². The second kappa shape index (κ2) is 7.24. The summed E-state index contributed by atoms with van der Waals surface area (Å²) in [6.07, 6.45) is 0.915. The van der Waals surface area contributed by atoms with E-state index in [-0.39, 0.29) is 29.8 Å². The van der Waals surface area contributed by atoms with E-state index in [0.717, 1.165) is 6.42 Å². The molecule has 3 N–H and O–H groups in total. The number of urea groups is 1. The largest absolute Gasteiger partial charge is 0.481 e. The molecule has 0 aromatic rings. The zero-order valence-electron chi connectivity index (χ0n) is 12.0. The summed E-state index contributed by atoms with van der Waals surface area (Å²) in [5.74, 6) is -0.811. The molecule has 0 bridgehead atoms. The number of amides is 2. The van der Waals surface area contributed by atoms with E-state index in [0.29, 0.717) is 6.54 Å². The van der Waals surface area contributed by atoms with Gasteiger partial charge < -0.3 is 15.7 Å². The summed E-state index contributed by atoms with van der Waals surface area (Å²) >= 11 is 0. The van der Waals surface area contributed by atoms with Crippen molar-refractivity contribution in [3.63, 3.8) is 0 Å². The topological polar surface area (TPSA) is 78.4 Å². The van der Waals surface area contributed by atoms with E-state index in [2.05, 4.69) is 31.4 Å². The monoisotopic (exact) mass is 258 g/mol. The van der Waals surface area contributed by atoms with E-state index < -0.39 is 5.97 Å². The van der Waals surface area contributed by atoms with Gasteiger partial charge in [0.2, 0.25) is 0 Å². The smallest absolute Gasteiger partial charge is 0.315 e. The van der Waals surface area contributed by atoms with Gasteiger partial charge in [-0.15, -0.1) is 0 Å². The number of carboxylic acids is 1. The minimum absolute atomic E-state index is 0.0530. The van der Waals surface area contributed by atoms with Crippen molar-refractivity contribution >= 4 is 12.0 Å². The standard InChI is InChI=1S/C13H26N2O3/c1-6-13(4,5)8-14-12(18)15-10(9(2)3)7-11(16)17/h9-10H,6-8H2,1-5H3,(H,16,17)(H2,14,15,18). The van der Waals surface area contributed by atoms with E-state index >= 15 is 0 Å². The molecule has 1 atom stereocenters. The summed E-state index contributed by atoms with van der Waals surface area (Å²) < 4.78 is 0. The molecule has 106 valence electrons. The fraction of sp³-hybridized carbons (Fsp3) is 0.846. The minimum Gasteiger partial charge on any atom is -0.481 e. The molecule has 0 radical (unpaired) electrons. The number of carbonyl (C=O) groups excluding carboxylic acids is 1. The van der Waals surface area contributed by atoms with Gasteiger partial charge >= 0.3 is 12.0 Å². The van der Waals surface area contributed by atoms with Crippen molar-refractivity contribution in [3.05, 3.63) is 0 Å². The first kappa shape index (κ1) is 16.7. The third-order valence-electron chi connectivity index (χ3n) is 3.20. The van der Waals surface area contributed by atoms with Crippen molar-refractivity contribution in [3.8, 4) is 0 Å². The highest BCUT2D eigenvalue weighted by Crippen LogP contribution is 2.17. The Labute approximate surface area is 109 Å². The van der Waals surface area contributed by atoms with Crippen LogP contribution in [0.2, 0.25) is 0 Å². The van der Waals surface area contributed by atoms with Crippen LogP contribution in [0, 0.1) is 11.3 Å². The van der Waals surface area contributed by atoms with E-state index in [4.69, 9.17) is 5.11 Å². The van der Waals surface area contributed by atoms with Gasteiger partial charge in [-0.1, -0.05) is 34.6 Å². The molecular formula is C13H26N2O3. The lowest BCUT2D eigenvalue weighted by molar-refractivity contribution is -0.137. The normalized spacial score (nSPS) is 13.2. The maximum Gasteiger partial charge on any atom is 0.315 e. The molecule has 0 aliphatic heterocycles. The summed E-state index contributed by atoms with van der Waals surface area (Å²) in [6, 6.07) is -0.635.